The summed E-state index contributed by atoms with van der Waals surface area (Å²) < 4.78 is 11.8. The zero-order valence-corrected chi connectivity index (χ0v) is 14.2. The molecule has 0 saturated carbocycles. The van der Waals surface area contributed by atoms with Gasteiger partial charge in [0.15, 0.2) is 0 Å². The molecule has 0 radical (unpaired) electrons. The van der Waals surface area contributed by atoms with Gasteiger partial charge in [-0.2, -0.15) is 0 Å². The molecule has 23 heavy (non-hydrogen) atoms. The molecule has 0 spiro atoms. The van der Waals surface area contributed by atoms with Crippen molar-refractivity contribution in [2.75, 3.05) is 6.61 Å². The van der Waals surface area contributed by atoms with E-state index in [0.717, 1.165) is 33.9 Å². The SMILES string of the molecule is Cc1cc(OCc2ccccc2)c(C)c(C2=NC(C)(C)CO2)c1. The number of nitrogens with zero attached hydrogens (tertiary/aromatic N) is 1. The first-order chi connectivity index (χ1) is 10.9. The third-order valence-electron chi connectivity index (χ3n) is 3.94. The van der Waals surface area contributed by atoms with E-state index < -0.39 is 0 Å². The highest BCUT2D eigenvalue weighted by molar-refractivity contribution is 5.97. The third kappa shape index (κ3) is 3.55. The zero-order chi connectivity index (χ0) is 16.4. The molecule has 1 aliphatic rings. The maximum atomic E-state index is 6.05. The summed E-state index contributed by atoms with van der Waals surface area (Å²) in [5.74, 6) is 1.61. The van der Waals surface area contributed by atoms with Gasteiger partial charge in [-0.3, -0.25) is 0 Å². The van der Waals surface area contributed by atoms with Gasteiger partial charge in [-0.05, 0) is 51.0 Å². The molecule has 120 valence electrons. The Morgan fingerprint density at radius 1 is 1.13 bits per heavy atom. The normalized spacial score (nSPS) is 15.9. The number of benzene rings is 2. The molecule has 3 heteroatoms. The van der Waals surface area contributed by atoms with Crippen LogP contribution in [0.5, 0.6) is 5.75 Å². The average molecular weight is 309 g/mol. The number of aryl methyl sites for hydroxylation is 1. The molecule has 0 amide bonds. The fourth-order valence-corrected chi connectivity index (χ4v) is 2.66. The molecule has 2 aromatic rings. The Hall–Kier alpha value is -2.29. The molecule has 0 atom stereocenters. The second kappa shape index (κ2) is 6.07. The monoisotopic (exact) mass is 309 g/mol. The fraction of sp³-hybridized carbons (Fsp3) is 0.350. The van der Waals surface area contributed by atoms with Crippen LogP contribution in [0.3, 0.4) is 0 Å². The van der Waals surface area contributed by atoms with Gasteiger partial charge in [-0.1, -0.05) is 30.3 Å². The van der Waals surface area contributed by atoms with Crippen molar-refractivity contribution in [2.45, 2.75) is 39.8 Å². The standard InChI is InChI=1S/C20H23NO2/c1-14-10-17(19-21-20(3,4)13-23-19)15(2)18(11-14)22-12-16-8-6-5-7-9-16/h5-11H,12-13H2,1-4H3. The van der Waals surface area contributed by atoms with Crippen molar-refractivity contribution in [3.05, 3.63) is 64.7 Å². The predicted molar refractivity (Wildman–Crippen MR) is 93.3 cm³/mol. The summed E-state index contributed by atoms with van der Waals surface area (Å²) in [6, 6.07) is 14.4. The van der Waals surface area contributed by atoms with Gasteiger partial charge in [0.25, 0.3) is 0 Å². The Labute approximate surface area is 138 Å². The average Bonchev–Trinajstić information content (AvgIpc) is 2.89. The molecule has 0 unspecified atom stereocenters. The van der Waals surface area contributed by atoms with Crippen LogP contribution in [0.1, 0.15) is 36.1 Å². The minimum atomic E-state index is -0.156. The summed E-state index contributed by atoms with van der Waals surface area (Å²) in [6.07, 6.45) is 0. The molecule has 0 aliphatic carbocycles. The molecule has 0 saturated heterocycles. The van der Waals surface area contributed by atoms with E-state index >= 15 is 0 Å². The third-order valence-corrected chi connectivity index (χ3v) is 3.94. The van der Waals surface area contributed by atoms with Crippen LogP contribution in [0.2, 0.25) is 0 Å². The Bertz CT molecular complexity index is 733. The highest BCUT2D eigenvalue weighted by Gasteiger charge is 2.28. The predicted octanol–water partition coefficient (Wildman–Crippen LogP) is 4.44. The van der Waals surface area contributed by atoms with E-state index in [-0.39, 0.29) is 5.54 Å². The van der Waals surface area contributed by atoms with Crippen LogP contribution < -0.4 is 4.74 Å². The van der Waals surface area contributed by atoms with Crippen molar-refractivity contribution in [2.24, 2.45) is 4.99 Å². The molecule has 1 heterocycles. The molecule has 0 aromatic heterocycles. The van der Waals surface area contributed by atoms with E-state index in [0.29, 0.717) is 13.2 Å². The van der Waals surface area contributed by atoms with E-state index in [1.165, 1.54) is 0 Å². The molecular formula is C20H23NO2. The lowest BCUT2D eigenvalue weighted by Crippen LogP contribution is -2.17. The van der Waals surface area contributed by atoms with Crippen molar-refractivity contribution in [1.29, 1.82) is 0 Å². The number of ether oxygens (including phenoxy) is 2. The smallest absolute Gasteiger partial charge is 0.217 e. The van der Waals surface area contributed by atoms with Crippen molar-refractivity contribution in [1.82, 2.24) is 0 Å². The van der Waals surface area contributed by atoms with E-state index in [1.54, 1.807) is 0 Å². The second-order valence-corrected chi connectivity index (χ2v) is 6.73. The van der Waals surface area contributed by atoms with Crippen LogP contribution >= 0.6 is 0 Å². The summed E-state index contributed by atoms with van der Waals surface area (Å²) in [4.78, 5) is 4.69. The first-order valence-electron chi connectivity index (χ1n) is 7.96. The lowest BCUT2D eigenvalue weighted by Gasteiger charge is -2.14. The number of hydrogen-bond acceptors (Lipinski definition) is 3. The molecular weight excluding hydrogens is 286 g/mol. The van der Waals surface area contributed by atoms with Gasteiger partial charge in [-0.15, -0.1) is 0 Å². The highest BCUT2D eigenvalue weighted by atomic mass is 16.5. The Kier molecular flexibility index (Phi) is 4.12. The summed E-state index contributed by atoms with van der Waals surface area (Å²) in [5.41, 5.74) is 4.24. The van der Waals surface area contributed by atoms with E-state index in [1.807, 2.05) is 18.2 Å². The minimum Gasteiger partial charge on any atom is -0.489 e. The van der Waals surface area contributed by atoms with Crippen LogP contribution in [0, 0.1) is 13.8 Å². The topological polar surface area (TPSA) is 30.8 Å². The molecule has 0 fully saturated rings. The number of aliphatic imine (C=N–C) groups is 1. The summed E-state index contributed by atoms with van der Waals surface area (Å²) >= 11 is 0. The maximum Gasteiger partial charge on any atom is 0.217 e. The summed E-state index contributed by atoms with van der Waals surface area (Å²) in [5, 5.41) is 0. The summed E-state index contributed by atoms with van der Waals surface area (Å²) in [7, 11) is 0. The van der Waals surface area contributed by atoms with Crippen molar-refractivity contribution in [3.8, 4) is 5.75 Å². The first-order valence-corrected chi connectivity index (χ1v) is 7.96. The van der Waals surface area contributed by atoms with Crippen LogP contribution in [-0.4, -0.2) is 18.0 Å². The fourth-order valence-electron chi connectivity index (χ4n) is 2.66. The van der Waals surface area contributed by atoms with E-state index in [9.17, 15) is 0 Å². The Morgan fingerprint density at radius 2 is 1.87 bits per heavy atom. The van der Waals surface area contributed by atoms with Crippen LogP contribution in [0.15, 0.2) is 47.5 Å². The van der Waals surface area contributed by atoms with Gasteiger partial charge >= 0.3 is 0 Å². The van der Waals surface area contributed by atoms with Gasteiger partial charge in [0.05, 0.1) is 5.54 Å². The van der Waals surface area contributed by atoms with Crippen molar-refractivity contribution < 1.29 is 9.47 Å². The molecule has 2 aromatic carbocycles. The molecule has 0 bridgehead atoms. The van der Waals surface area contributed by atoms with Crippen molar-refractivity contribution >= 4 is 5.90 Å². The molecule has 1 aliphatic heterocycles. The second-order valence-electron chi connectivity index (χ2n) is 6.73. The lowest BCUT2D eigenvalue weighted by atomic mass is 10.0. The van der Waals surface area contributed by atoms with Crippen LogP contribution in [0.4, 0.5) is 0 Å². The van der Waals surface area contributed by atoms with E-state index in [4.69, 9.17) is 14.5 Å². The zero-order valence-electron chi connectivity index (χ0n) is 14.2. The Balaban J connectivity index is 1.87. The van der Waals surface area contributed by atoms with Gasteiger partial charge in [0.2, 0.25) is 5.90 Å². The molecule has 3 rings (SSSR count). The van der Waals surface area contributed by atoms with Gasteiger partial charge in [-0.25, -0.2) is 4.99 Å². The van der Waals surface area contributed by atoms with Gasteiger partial charge in [0.1, 0.15) is 19.0 Å². The highest BCUT2D eigenvalue weighted by Crippen LogP contribution is 2.29. The number of hydrogen-bond donors (Lipinski definition) is 0. The van der Waals surface area contributed by atoms with Gasteiger partial charge in [0, 0.05) is 11.1 Å². The van der Waals surface area contributed by atoms with Crippen LogP contribution in [0.25, 0.3) is 0 Å². The van der Waals surface area contributed by atoms with Crippen molar-refractivity contribution in [3.63, 3.8) is 0 Å². The maximum absolute atomic E-state index is 6.05. The largest absolute Gasteiger partial charge is 0.489 e. The quantitative estimate of drug-likeness (QED) is 0.836. The van der Waals surface area contributed by atoms with Gasteiger partial charge < -0.3 is 9.47 Å². The Morgan fingerprint density at radius 3 is 2.52 bits per heavy atom. The molecule has 3 nitrogen and oxygen atoms in total. The minimum absolute atomic E-state index is 0.156. The molecule has 0 N–H and O–H groups in total. The van der Waals surface area contributed by atoms with E-state index in [2.05, 4.69) is 52.0 Å². The summed E-state index contributed by atoms with van der Waals surface area (Å²) in [6.45, 7) is 9.47. The first kappa shape index (κ1) is 15.6. The lowest BCUT2D eigenvalue weighted by molar-refractivity contribution is 0.279. The number of rotatable bonds is 4. The van der Waals surface area contributed by atoms with Crippen LogP contribution in [-0.2, 0) is 11.3 Å².